The second kappa shape index (κ2) is 12.4. The van der Waals surface area contributed by atoms with Crippen molar-refractivity contribution >= 4 is 23.9 Å². The SMILES string of the molecule is CC(=O)O[C@@H]1C2[C@H](O)[C@H](OC(=O)c3ccccc3)[C@]3(C)[C@@H](OC(=O)c4ccccc4)[C@@H](OC(=O)c4ccccc4)C[C@](C)(O)[C@@]13OC2(C)C. The first kappa shape index (κ1) is 34.3. The molecule has 11 nitrogen and oxygen atoms in total. The van der Waals surface area contributed by atoms with Gasteiger partial charge in [-0.05, 0) is 64.1 Å². The number of aliphatic hydroxyl groups excluding tert-OH is 1. The van der Waals surface area contributed by atoms with E-state index in [-0.39, 0.29) is 23.1 Å². The Labute approximate surface area is 284 Å². The van der Waals surface area contributed by atoms with Crippen molar-refractivity contribution in [2.24, 2.45) is 11.3 Å². The highest BCUT2D eigenvalue weighted by Crippen LogP contribution is 2.69. The van der Waals surface area contributed by atoms with Gasteiger partial charge < -0.3 is 33.9 Å². The van der Waals surface area contributed by atoms with Crippen molar-refractivity contribution in [1.29, 1.82) is 0 Å². The molecule has 3 aromatic carbocycles. The van der Waals surface area contributed by atoms with Crippen molar-refractivity contribution < 1.29 is 53.1 Å². The molecule has 0 amide bonds. The molecular weight excluding hydrogens is 632 g/mol. The quantitative estimate of drug-likeness (QED) is 0.273. The third-order valence-corrected chi connectivity index (χ3v) is 10.4. The van der Waals surface area contributed by atoms with Crippen molar-refractivity contribution in [2.45, 2.75) is 88.4 Å². The Hall–Kier alpha value is -4.58. The van der Waals surface area contributed by atoms with Crippen molar-refractivity contribution in [3.8, 4) is 0 Å². The lowest BCUT2D eigenvalue weighted by Gasteiger charge is -2.65. The molecular formula is C38H40O11. The summed E-state index contributed by atoms with van der Waals surface area (Å²) in [7, 11) is 0. The highest BCUT2D eigenvalue weighted by atomic mass is 16.6. The van der Waals surface area contributed by atoms with E-state index in [1.807, 2.05) is 0 Å². The second-order valence-electron chi connectivity index (χ2n) is 13.9. The van der Waals surface area contributed by atoms with Gasteiger partial charge in [0.1, 0.15) is 30.0 Å². The van der Waals surface area contributed by atoms with Crippen LogP contribution in [0.1, 0.15) is 72.1 Å². The number of hydrogen-bond donors (Lipinski definition) is 2. The molecule has 1 saturated heterocycles. The lowest BCUT2D eigenvalue weighted by molar-refractivity contribution is -0.349. The molecule has 258 valence electrons. The molecule has 1 spiro atoms. The van der Waals surface area contributed by atoms with Crippen LogP contribution < -0.4 is 0 Å². The Bertz CT molecular complexity index is 1720. The first-order valence-corrected chi connectivity index (χ1v) is 16.2. The van der Waals surface area contributed by atoms with E-state index in [2.05, 4.69) is 0 Å². The van der Waals surface area contributed by atoms with Crippen LogP contribution in [0.3, 0.4) is 0 Å². The number of benzene rings is 3. The minimum atomic E-state index is -2.00. The highest BCUT2D eigenvalue weighted by molar-refractivity contribution is 5.91. The lowest BCUT2D eigenvalue weighted by atomic mass is 9.46. The number of hydrogen-bond acceptors (Lipinski definition) is 11. The van der Waals surface area contributed by atoms with Crippen LogP contribution in [-0.2, 0) is 28.5 Å². The molecule has 1 aliphatic heterocycles. The van der Waals surface area contributed by atoms with E-state index >= 15 is 0 Å². The second-order valence-corrected chi connectivity index (χ2v) is 13.9. The van der Waals surface area contributed by atoms with E-state index in [0.29, 0.717) is 0 Å². The van der Waals surface area contributed by atoms with Gasteiger partial charge >= 0.3 is 23.9 Å². The zero-order valence-electron chi connectivity index (χ0n) is 27.9. The van der Waals surface area contributed by atoms with Crippen LogP contribution in [0.25, 0.3) is 0 Å². The molecule has 49 heavy (non-hydrogen) atoms. The summed E-state index contributed by atoms with van der Waals surface area (Å²) in [6, 6.07) is 24.4. The number of fused-ring (bicyclic) bond motifs is 1. The van der Waals surface area contributed by atoms with Gasteiger partial charge in [-0.3, -0.25) is 4.79 Å². The molecule has 3 aliphatic rings. The summed E-state index contributed by atoms with van der Waals surface area (Å²) >= 11 is 0. The molecule has 9 atom stereocenters. The molecule has 2 saturated carbocycles. The van der Waals surface area contributed by atoms with Crippen LogP contribution in [0.2, 0.25) is 0 Å². The van der Waals surface area contributed by atoms with Gasteiger partial charge in [-0.25, -0.2) is 14.4 Å². The van der Waals surface area contributed by atoms with E-state index in [4.69, 9.17) is 23.7 Å². The molecule has 11 heteroatoms. The Balaban J connectivity index is 1.57. The third-order valence-electron chi connectivity index (χ3n) is 10.4. The summed E-state index contributed by atoms with van der Waals surface area (Å²) in [6.45, 7) is 7.54. The fraction of sp³-hybridized carbons (Fsp3) is 0.421. The molecule has 0 radical (unpaired) electrons. The number of esters is 4. The van der Waals surface area contributed by atoms with E-state index in [1.165, 1.54) is 20.8 Å². The van der Waals surface area contributed by atoms with Crippen LogP contribution in [0.15, 0.2) is 91.0 Å². The van der Waals surface area contributed by atoms with E-state index in [9.17, 15) is 29.4 Å². The van der Waals surface area contributed by atoms with Gasteiger partial charge in [0, 0.05) is 13.3 Å². The first-order chi connectivity index (χ1) is 23.1. The Kier molecular flexibility index (Phi) is 8.67. The molecule has 3 aromatic rings. The predicted molar refractivity (Wildman–Crippen MR) is 173 cm³/mol. The zero-order valence-corrected chi connectivity index (χ0v) is 27.9. The normalized spacial score (nSPS) is 34.2. The van der Waals surface area contributed by atoms with E-state index < -0.39 is 82.5 Å². The molecule has 3 fully saturated rings. The predicted octanol–water partition coefficient (Wildman–Crippen LogP) is 4.29. The zero-order chi connectivity index (χ0) is 35.4. The van der Waals surface area contributed by atoms with Gasteiger partial charge in [0.25, 0.3) is 0 Å². The van der Waals surface area contributed by atoms with Gasteiger partial charge in [-0.1, -0.05) is 54.6 Å². The highest BCUT2D eigenvalue weighted by Gasteiger charge is 2.86. The van der Waals surface area contributed by atoms with Crippen molar-refractivity contribution in [2.75, 3.05) is 0 Å². The molecule has 1 unspecified atom stereocenters. The monoisotopic (exact) mass is 672 g/mol. The van der Waals surface area contributed by atoms with E-state index in [1.54, 1.807) is 105 Å². The maximum absolute atomic E-state index is 13.9. The smallest absolute Gasteiger partial charge is 0.338 e. The molecule has 2 bridgehead atoms. The maximum Gasteiger partial charge on any atom is 0.338 e. The molecule has 6 rings (SSSR count). The van der Waals surface area contributed by atoms with Crippen molar-refractivity contribution in [3.05, 3.63) is 108 Å². The summed E-state index contributed by atoms with van der Waals surface area (Å²) < 4.78 is 31.3. The fourth-order valence-electron chi connectivity index (χ4n) is 8.45. The minimum absolute atomic E-state index is 0.168. The summed E-state index contributed by atoms with van der Waals surface area (Å²) in [5.41, 5.74) is -6.63. The van der Waals surface area contributed by atoms with E-state index in [0.717, 1.165) is 0 Å². The number of ether oxygens (including phenoxy) is 5. The summed E-state index contributed by atoms with van der Waals surface area (Å²) in [6.07, 6.45) is -7.67. The average Bonchev–Trinajstić information content (AvgIpc) is 3.29. The summed E-state index contributed by atoms with van der Waals surface area (Å²) in [5.74, 6) is -4.11. The molecule has 2 aliphatic carbocycles. The fourth-order valence-corrected chi connectivity index (χ4v) is 8.45. The first-order valence-electron chi connectivity index (χ1n) is 16.2. The van der Waals surface area contributed by atoms with Crippen LogP contribution in [0.4, 0.5) is 0 Å². The van der Waals surface area contributed by atoms with Crippen molar-refractivity contribution in [3.63, 3.8) is 0 Å². The average molecular weight is 673 g/mol. The van der Waals surface area contributed by atoms with Gasteiger partial charge in [0.2, 0.25) is 0 Å². The number of carbonyl (C=O) groups is 4. The maximum atomic E-state index is 13.9. The Morgan fingerprint density at radius 3 is 1.53 bits per heavy atom. The molecule has 0 aromatic heterocycles. The summed E-state index contributed by atoms with van der Waals surface area (Å²) in [4.78, 5) is 54.0. The standard InChI is InChI=1S/C38H40O11/c1-22(39)45-30-27-28(40)31(48-34(43)25-19-13-8-14-20-25)37(5)29(47-33(42)24-17-11-7-12-18-24)26(46-32(41)23-15-9-6-10-16-23)21-36(4,44)38(30,37)49-35(27,2)3/h6-20,26-31,40,44H,21H2,1-5H3/t26-,27?,28-,29-,30+,31-,36-,37-,38-/m0/s1. The minimum Gasteiger partial charge on any atom is -0.459 e. The van der Waals surface area contributed by atoms with Crippen LogP contribution >= 0.6 is 0 Å². The van der Waals surface area contributed by atoms with Crippen LogP contribution in [-0.4, -0.2) is 81.4 Å². The summed E-state index contributed by atoms with van der Waals surface area (Å²) in [5, 5.41) is 24.9. The van der Waals surface area contributed by atoms with Crippen LogP contribution in [0, 0.1) is 11.3 Å². The lowest BCUT2D eigenvalue weighted by Crippen LogP contribution is -2.83. The molecule has 1 heterocycles. The Morgan fingerprint density at radius 1 is 0.653 bits per heavy atom. The number of carbonyl (C=O) groups excluding carboxylic acids is 4. The van der Waals surface area contributed by atoms with Gasteiger partial charge in [-0.15, -0.1) is 0 Å². The Morgan fingerprint density at radius 2 is 1.08 bits per heavy atom. The van der Waals surface area contributed by atoms with Crippen LogP contribution in [0.5, 0.6) is 0 Å². The number of rotatable bonds is 7. The van der Waals surface area contributed by atoms with Gasteiger partial charge in [-0.2, -0.15) is 0 Å². The molecule has 2 N–H and O–H groups in total. The van der Waals surface area contributed by atoms with Crippen molar-refractivity contribution in [1.82, 2.24) is 0 Å². The topological polar surface area (TPSA) is 155 Å². The van der Waals surface area contributed by atoms with Gasteiger partial charge in [0.05, 0.1) is 39.2 Å². The third kappa shape index (κ3) is 5.50. The largest absolute Gasteiger partial charge is 0.459 e. The number of aliphatic hydroxyl groups is 2. The van der Waals surface area contributed by atoms with Gasteiger partial charge in [0.15, 0.2) is 6.10 Å².